The van der Waals surface area contributed by atoms with Crippen LogP contribution in [0.25, 0.3) is 10.8 Å². The number of hydrogen-bond acceptors (Lipinski definition) is 16. The third-order valence-electron chi connectivity index (χ3n) is 15.9. The van der Waals surface area contributed by atoms with E-state index in [9.17, 15) is 39.6 Å². The van der Waals surface area contributed by atoms with Crippen LogP contribution in [-0.2, 0) is 28.6 Å². The molecular weight excluding hydrogens is 951 g/mol. The first kappa shape index (κ1) is 54.1. The number of rotatable bonds is 7. The topological polar surface area (TPSA) is 247 Å². The molecule has 3 aromatic rings. The highest BCUT2D eigenvalue weighted by Crippen LogP contribution is 2.51. The second-order valence-electron chi connectivity index (χ2n) is 21.6. The number of ether oxygens (including phenoxy) is 4. The number of allylic oxidation sites excluding steroid dienone is 2. The van der Waals surface area contributed by atoms with Gasteiger partial charge in [0.05, 0.1) is 47.3 Å². The number of aliphatic hydroxyl groups is 2. The molecule has 2 fully saturated rings. The number of likely N-dealkylation sites (tertiary alicyclic amines) is 2. The van der Waals surface area contributed by atoms with Gasteiger partial charge < -0.3 is 54.5 Å². The van der Waals surface area contributed by atoms with Crippen molar-refractivity contribution < 1.29 is 58.6 Å². The van der Waals surface area contributed by atoms with E-state index in [4.69, 9.17) is 23.9 Å². The number of phenolic OH excluding ortho intramolecular Hbond substituents is 2. The summed E-state index contributed by atoms with van der Waals surface area (Å²) >= 11 is 0. The fraction of sp³-hybridized carbons (Fsp3) is 0.582. The first-order valence-corrected chi connectivity index (χ1v) is 25.9. The Morgan fingerprint density at radius 2 is 1.64 bits per heavy atom. The van der Waals surface area contributed by atoms with Gasteiger partial charge in [-0.1, -0.05) is 59.8 Å². The van der Waals surface area contributed by atoms with Crippen molar-refractivity contribution in [3.63, 3.8) is 0 Å². The van der Waals surface area contributed by atoms with Gasteiger partial charge in [-0.05, 0) is 44.7 Å². The number of aromatic hydroxyl groups is 2. The Hall–Kier alpha value is -6.15. The van der Waals surface area contributed by atoms with Crippen LogP contribution in [0.15, 0.2) is 64.6 Å². The monoisotopic (exact) mass is 1020 g/mol. The molecule has 5 N–H and O–H groups in total. The number of nitrogens with one attached hydrogen (secondary N) is 1. The number of carbonyl (C=O) groups is 4. The normalized spacial score (nSPS) is 30.5. The van der Waals surface area contributed by atoms with Gasteiger partial charge in [-0.25, -0.2) is 4.99 Å². The van der Waals surface area contributed by atoms with Crippen LogP contribution in [0.1, 0.15) is 109 Å². The molecule has 2 amide bonds. The summed E-state index contributed by atoms with van der Waals surface area (Å²) in [4.78, 5) is 70.0. The summed E-state index contributed by atoms with van der Waals surface area (Å²) in [6.07, 6.45) is 8.81. The van der Waals surface area contributed by atoms with Gasteiger partial charge in [0.2, 0.25) is 5.91 Å². The summed E-state index contributed by atoms with van der Waals surface area (Å²) in [7, 11) is 1.44. The lowest BCUT2D eigenvalue weighted by Crippen LogP contribution is -2.47. The average molecular weight is 1020 g/mol. The Morgan fingerprint density at radius 3 is 2.28 bits per heavy atom. The predicted octanol–water partition coefficient (Wildman–Crippen LogP) is 5.18. The number of amides is 2. The Labute approximate surface area is 431 Å². The molecule has 5 bridgehead atoms. The van der Waals surface area contributed by atoms with Crippen LogP contribution in [0.5, 0.6) is 17.2 Å². The molecular formula is C55H73N7O12. The van der Waals surface area contributed by atoms with Gasteiger partial charge in [0, 0.05) is 112 Å². The number of methoxy groups -OCH3 is 1. The Morgan fingerprint density at radius 1 is 0.932 bits per heavy atom. The fourth-order valence-corrected chi connectivity index (χ4v) is 11.4. The number of aromatic nitrogens is 2. The molecule has 2 aromatic carbocycles. The molecule has 9 atom stereocenters. The smallest absolute Gasteiger partial charge is 0.315 e. The lowest BCUT2D eigenvalue weighted by Gasteiger charge is -2.38. The highest BCUT2D eigenvalue weighted by Gasteiger charge is 2.51. The summed E-state index contributed by atoms with van der Waals surface area (Å²) in [5, 5.41) is 55.7. The van der Waals surface area contributed by atoms with Crippen molar-refractivity contribution >= 4 is 40.0 Å². The van der Waals surface area contributed by atoms with E-state index in [2.05, 4.69) is 34.2 Å². The molecule has 19 nitrogen and oxygen atoms in total. The van der Waals surface area contributed by atoms with Gasteiger partial charge in [-0.3, -0.25) is 28.9 Å². The van der Waals surface area contributed by atoms with E-state index in [1.165, 1.54) is 32.4 Å². The standard InChI is InChI=1S/C55H73N7O12/c1-29(2)28-60-24-18-55(19-25-60)58-43-40-41-48(67)35(8)51-42(40)52(69)54(9,74-51)72-26-17-37(71-10)32(5)50(73-39(64)27-38(63)61-22-15-36(16-23-61)62-21-12-20-56-62)34(7)47(66)33(6)46(65)30(3)13-11-14-31(4)53(70)57-45(49(41)68)44(43)59-55/h11-14,17,20-21,26,29-30,32-34,36-37,46-47,50,58,65-68H,15-16,18-19,22-25,27-28H2,1-10H3/b13-11+,26-17+,31-14-,57-45?/t30-,32+,33+,34+,37-,46-,47+,50+,54-/m0/s1. The van der Waals surface area contributed by atoms with Crippen molar-refractivity contribution in [2.24, 2.45) is 39.6 Å². The molecule has 19 heteroatoms. The number of benzene rings is 2. The van der Waals surface area contributed by atoms with Crippen molar-refractivity contribution in [2.45, 2.75) is 136 Å². The average Bonchev–Trinajstić information content (AvgIpc) is 4.11. The van der Waals surface area contributed by atoms with Crippen LogP contribution >= 0.6 is 0 Å². The third-order valence-corrected chi connectivity index (χ3v) is 15.9. The molecule has 0 aliphatic carbocycles. The predicted molar refractivity (Wildman–Crippen MR) is 274 cm³/mol. The maximum atomic E-state index is 15.0. The number of nitrogens with zero attached hydrogens (tertiary/aromatic N) is 6. The molecule has 400 valence electrons. The van der Waals surface area contributed by atoms with Crippen LogP contribution < -0.4 is 20.8 Å². The minimum absolute atomic E-state index is 0.0250. The quantitative estimate of drug-likeness (QED) is 0.116. The summed E-state index contributed by atoms with van der Waals surface area (Å²) in [6, 6.07) is 1.99. The minimum Gasteiger partial charge on any atom is -0.507 e. The Kier molecular flexibility index (Phi) is 15.8. The van der Waals surface area contributed by atoms with Crippen molar-refractivity contribution in [1.82, 2.24) is 19.6 Å². The molecule has 0 radical (unpaired) electrons. The number of carbonyl (C=O) groups excluding carboxylic acids is 4. The maximum Gasteiger partial charge on any atom is 0.315 e. The van der Waals surface area contributed by atoms with E-state index in [0.29, 0.717) is 63.5 Å². The summed E-state index contributed by atoms with van der Waals surface area (Å²) in [5.74, 6) is -7.89. The van der Waals surface area contributed by atoms with Gasteiger partial charge in [-0.15, -0.1) is 0 Å². The second kappa shape index (κ2) is 21.6. The molecule has 0 unspecified atom stereocenters. The molecule has 9 rings (SSSR count). The number of aliphatic hydroxyl groups excluding tert-OH is 2. The van der Waals surface area contributed by atoms with Gasteiger partial charge in [-0.2, -0.15) is 5.10 Å². The lowest BCUT2D eigenvalue weighted by atomic mass is 9.78. The second-order valence-corrected chi connectivity index (χ2v) is 21.6. The van der Waals surface area contributed by atoms with Gasteiger partial charge in [0.15, 0.2) is 5.75 Å². The minimum atomic E-state index is -2.02. The van der Waals surface area contributed by atoms with Gasteiger partial charge >= 0.3 is 11.8 Å². The number of hydrogen-bond donors (Lipinski definition) is 5. The summed E-state index contributed by atoms with van der Waals surface area (Å²) in [5.41, 5.74) is -0.244. The molecule has 1 spiro atoms. The number of phenols is 2. The van der Waals surface area contributed by atoms with E-state index < -0.39 is 95.1 Å². The van der Waals surface area contributed by atoms with E-state index in [-0.39, 0.29) is 55.9 Å². The molecule has 7 heterocycles. The number of ketones is 1. The van der Waals surface area contributed by atoms with Crippen molar-refractivity contribution in [3.05, 3.63) is 76.4 Å². The summed E-state index contributed by atoms with van der Waals surface area (Å²) < 4.78 is 26.6. The van der Waals surface area contributed by atoms with E-state index in [1.807, 2.05) is 16.9 Å². The molecule has 2 saturated heterocycles. The molecule has 0 saturated carbocycles. The van der Waals surface area contributed by atoms with Crippen molar-refractivity contribution in [1.29, 1.82) is 0 Å². The number of Topliss-reactive ketones (excluding diaryl/α,β-unsaturated/α-hetero) is 1. The fourth-order valence-electron chi connectivity index (χ4n) is 11.4. The van der Waals surface area contributed by atoms with Gasteiger partial charge in [0.1, 0.15) is 40.4 Å². The molecule has 6 aliphatic rings. The number of fused-ring (bicyclic) bond motifs is 13. The molecule has 6 aliphatic heterocycles. The van der Waals surface area contributed by atoms with E-state index >= 15 is 0 Å². The first-order valence-electron chi connectivity index (χ1n) is 25.9. The van der Waals surface area contributed by atoms with E-state index in [1.54, 1.807) is 64.8 Å². The van der Waals surface area contributed by atoms with Crippen LogP contribution in [-0.4, -0.2) is 139 Å². The molecule has 74 heavy (non-hydrogen) atoms. The zero-order chi connectivity index (χ0) is 53.6. The third kappa shape index (κ3) is 10.4. The zero-order valence-electron chi connectivity index (χ0n) is 44.2. The number of esters is 1. The van der Waals surface area contributed by atoms with Crippen molar-refractivity contribution in [2.75, 3.05) is 45.2 Å². The zero-order valence-corrected chi connectivity index (χ0v) is 44.2. The first-order chi connectivity index (χ1) is 35.1. The van der Waals surface area contributed by atoms with Crippen LogP contribution in [0, 0.1) is 36.5 Å². The lowest BCUT2D eigenvalue weighted by molar-refractivity contribution is -0.165. The highest BCUT2D eigenvalue weighted by molar-refractivity contribution is 6.21. The number of anilines is 1. The Balaban J connectivity index is 1.16. The maximum absolute atomic E-state index is 15.0. The van der Waals surface area contributed by atoms with Crippen LogP contribution in [0.3, 0.4) is 0 Å². The molecule has 1 aromatic heterocycles. The largest absolute Gasteiger partial charge is 0.507 e. The summed E-state index contributed by atoms with van der Waals surface area (Å²) in [6.45, 7) is 18.9. The Bertz CT molecular complexity index is 2860. The number of piperidine rings is 2. The van der Waals surface area contributed by atoms with Crippen molar-refractivity contribution in [3.8, 4) is 17.2 Å². The van der Waals surface area contributed by atoms with Crippen LogP contribution in [0.2, 0.25) is 0 Å². The SMILES string of the molecule is CO[C@H]1/C=C/O[C@@]2(C)Oc3c(C)c(O)c4c(O)c(c5c(c4c3C2=O)NC2(CCN(CC(C)C)CC2)N=5)=NC(=O)/C(C)=C\C=C\[C@H](C)[C@H](O)[C@@H](C)[C@@H](O)[C@@H](C)[C@H](OC(=O)CC(=O)N2CCC(n3cccn3)CC2)[C@@H]1C. The van der Waals surface area contributed by atoms with Gasteiger partial charge in [0.25, 0.3) is 11.7 Å². The highest BCUT2D eigenvalue weighted by atomic mass is 16.7. The van der Waals surface area contributed by atoms with Crippen LogP contribution in [0.4, 0.5) is 5.69 Å². The van der Waals surface area contributed by atoms with E-state index in [0.717, 1.165) is 6.54 Å².